The Kier molecular flexibility index (Phi) is 4.39. The molecular weight excluding hydrogens is 358 g/mol. The van der Waals surface area contributed by atoms with Gasteiger partial charge < -0.3 is 18.8 Å². The van der Waals surface area contributed by atoms with Crippen LogP contribution in [0, 0.1) is 0 Å². The molecule has 0 radical (unpaired) electrons. The molecule has 0 aliphatic carbocycles. The smallest absolute Gasteiger partial charge is 0.231 e. The van der Waals surface area contributed by atoms with Gasteiger partial charge in [-0.1, -0.05) is 0 Å². The fourth-order valence-electron chi connectivity index (χ4n) is 3.23. The zero-order valence-corrected chi connectivity index (χ0v) is 15.8. The first-order valence-electron chi connectivity index (χ1n) is 8.80. The van der Waals surface area contributed by atoms with Crippen LogP contribution in [-0.4, -0.2) is 29.9 Å². The molecule has 28 heavy (non-hydrogen) atoms. The van der Waals surface area contributed by atoms with Crippen molar-refractivity contribution in [1.82, 2.24) is 4.57 Å². The van der Waals surface area contributed by atoms with Crippen LogP contribution in [0.5, 0.6) is 17.2 Å². The Hall–Kier alpha value is -3.54. The van der Waals surface area contributed by atoms with E-state index in [1.165, 1.54) is 6.92 Å². The fraction of sp³-hybridized carbons (Fsp3) is 0.182. The maximum Gasteiger partial charge on any atom is 0.231 e. The van der Waals surface area contributed by atoms with Gasteiger partial charge in [0.2, 0.25) is 5.78 Å². The summed E-state index contributed by atoms with van der Waals surface area (Å²) < 4.78 is 18.5. The zero-order valence-electron chi connectivity index (χ0n) is 15.8. The average molecular weight is 377 g/mol. The molecule has 4 rings (SSSR count). The number of fused-ring (bicyclic) bond motifs is 2. The molecule has 0 atom stereocenters. The number of carbonyl (C=O) groups is 2. The van der Waals surface area contributed by atoms with Crippen molar-refractivity contribution in [2.75, 3.05) is 13.7 Å². The first-order valence-corrected chi connectivity index (χ1v) is 8.80. The molecule has 1 aromatic heterocycles. The number of methoxy groups -OCH3 is 1. The summed E-state index contributed by atoms with van der Waals surface area (Å²) in [5.41, 5.74) is 2.36. The van der Waals surface area contributed by atoms with Crippen molar-refractivity contribution in [3.8, 4) is 17.2 Å². The number of hydrogen-bond acceptors (Lipinski definition) is 5. The van der Waals surface area contributed by atoms with Crippen LogP contribution < -0.4 is 14.2 Å². The Morgan fingerprint density at radius 1 is 1.18 bits per heavy atom. The van der Waals surface area contributed by atoms with Crippen LogP contribution in [0.4, 0.5) is 0 Å². The topological polar surface area (TPSA) is 66.8 Å². The molecule has 3 aromatic rings. The molecule has 0 bridgehead atoms. The van der Waals surface area contributed by atoms with Crippen LogP contribution in [0.2, 0.25) is 0 Å². The van der Waals surface area contributed by atoms with E-state index in [9.17, 15) is 9.59 Å². The first kappa shape index (κ1) is 17.9. The number of hydrogen-bond donors (Lipinski definition) is 0. The summed E-state index contributed by atoms with van der Waals surface area (Å²) >= 11 is 0. The number of benzene rings is 2. The Morgan fingerprint density at radius 2 is 1.96 bits per heavy atom. The molecule has 2 aromatic carbocycles. The number of rotatable bonds is 5. The van der Waals surface area contributed by atoms with E-state index in [1.54, 1.807) is 31.4 Å². The summed E-state index contributed by atoms with van der Waals surface area (Å²) in [7, 11) is 3.57. The van der Waals surface area contributed by atoms with Crippen molar-refractivity contribution in [3.63, 3.8) is 0 Å². The standard InChI is InChI=1S/C22H19NO5/c1-13(24)12-27-16-4-6-17-20(10-16)28-21(22(17)25)8-14-11-23(2)19-7-5-15(26-3)9-18(14)19/h4-11H,12H2,1-3H3. The van der Waals surface area contributed by atoms with E-state index in [1.807, 2.05) is 36.0 Å². The van der Waals surface area contributed by atoms with E-state index in [0.29, 0.717) is 17.1 Å². The maximum atomic E-state index is 12.7. The quantitative estimate of drug-likeness (QED) is 0.633. The third-order valence-electron chi connectivity index (χ3n) is 4.60. The van der Waals surface area contributed by atoms with Gasteiger partial charge in [-0.25, -0.2) is 0 Å². The van der Waals surface area contributed by atoms with Crippen LogP contribution in [0.3, 0.4) is 0 Å². The first-order chi connectivity index (χ1) is 13.5. The van der Waals surface area contributed by atoms with Crippen molar-refractivity contribution in [2.24, 2.45) is 7.05 Å². The predicted octanol–water partition coefficient (Wildman–Crippen LogP) is 3.77. The van der Waals surface area contributed by atoms with E-state index >= 15 is 0 Å². The van der Waals surface area contributed by atoms with Gasteiger partial charge in [-0.3, -0.25) is 9.59 Å². The predicted molar refractivity (Wildman–Crippen MR) is 105 cm³/mol. The van der Waals surface area contributed by atoms with E-state index in [0.717, 1.165) is 22.2 Å². The van der Waals surface area contributed by atoms with E-state index < -0.39 is 0 Å². The molecular formula is C22H19NO5. The number of aryl methyl sites for hydroxylation is 1. The molecule has 0 saturated heterocycles. The molecule has 0 spiro atoms. The van der Waals surface area contributed by atoms with Gasteiger partial charge >= 0.3 is 0 Å². The number of ether oxygens (including phenoxy) is 3. The number of Topliss-reactive ketones (excluding diaryl/α,β-unsaturated/α-hetero) is 2. The summed E-state index contributed by atoms with van der Waals surface area (Å²) in [6.07, 6.45) is 3.68. The number of ketones is 2. The van der Waals surface area contributed by atoms with E-state index in [4.69, 9.17) is 14.2 Å². The Morgan fingerprint density at radius 3 is 2.71 bits per heavy atom. The van der Waals surface area contributed by atoms with Crippen molar-refractivity contribution >= 4 is 28.5 Å². The van der Waals surface area contributed by atoms with Crippen LogP contribution in [0.25, 0.3) is 17.0 Å². The number of carbonyl (C=O) groups excluding carboxylic acids is 2. The van der Waals surface area contributed by atoms with E-state index in [2.05, 4.69) is 0 Å². The highest BCUT2D eigenvalue weighted by molar-refractivity contribution is 6.15. The normalized spacial score (nSPS) is 14.2. The van der Waals surface area contributed by atoms with Crippen molar-refractivity contribution < 1.29 is 23.8 Å². The molecule has 0 amide bonds. The molecule has 6 nitrogen and oxygen atoms in total. The van der Waals surface area contributed by atoms with Gasteiger partial charge in [0.05, 0.1) is 12.7 Å². The van der Waals surface area contributed by atoms with Crippen molar-refractivity contribution in [3.05, 3.63) is 59.5 Å². The number of nitrogens with zero attached hydrogens (tertiary/aromatic N) is 1. The molecule has 0 unspecified atom stereocenters. The Labute approximate surface area is 161 Å². The highest BCUT2D eigenvalue weighted by atomic mass is 16.5. The second-order valence-electron chi connectivity index (χ2n) is 6.67. The van der Waals surface area contributed by atoms with Crippen LogP contribution >= 0.6 is 0 Å². The summed E-state index contributed by atoms with van der Waals surface area (Å²) in [4.78, 5) is 23.8. The molecule has 0 N–H and O–H groups in total. The Balaban J connectivity index is 1.68. The summed E-state index contributed by atoms with van der Waals surface area (Å²) in [6, 6.07) is 10.7. The minimum atomic E-state index is -0.187. The van der Waals surface area contributed by atoms with Crippen molar-refractivity contribution in [2.45, 2.75) is 6.92 Å². The summed E-state index contributed by atoms with van der Waals surface area (Å²) in [6.45, 7) is 1.43. The van der Waals surface area contributed by atoms with Crippen LogP contribution in [0.15, 0.2) is 48.4 Å². The lowest BCUT2D eigenvalue weighted by molar-refractivity contribution is -0.118. The second kappa shape index (κ2) is 6.88. The van der Waals surface area contributed by atoms with Gasteiger partial charge in [0.1, 0.15) is 23.9 Å². The molecule has 1 aliphatic heterocycles. The van der Waals surface area contributed by atoms with Crippen LogP contribution in [0.1, 0.15) is 22.8 Å². The molecule has 0 fully saturated rings. The van der Waals surface area contributed by atoms with Crippen LogP contribution in [-0.2, 0) is 11.8 Å². The third kappa shape index (κ3) is 3.13. The van der Waals surface area contributed by atoms with Gasteiger partial charge in [0.25, 0.3) is 0 Å². The summed E-state index contributed by atoms with van der Waals surface area (Å²) in [5, 5.41) is 0.965. The zero-order chi connectivity index (χ0) is 19.8. The maximum absolute atomic E-state index is 12.7. The lowest BCUT2D eigenvalue weighted by atomic mass is 10.1. The second-order valence-corrected chi connectivity index (χ2v) is 6.67. The Bertz CT molecular complexity index is 1140. The number of allylic oxidation sites excluding steroid dienone is 1. The lowest BCUT2D eigenvalue weighted by Gasteiger charge is -2.04. The fourth-order valence-corrected chi connectivity index (χ4v) is 3.23. The number of aromatic nitrogens is 1. The van der Waals surface area contributed by atoms with Gasteiger partial charge in [-0.15, -0.1) is 0 Å². The highest BCUT2D eigenvalue weighted by Gasteiger charge is 2.28. The monoisotopic (exact) mass is 377 g/mol. The highest BCUT2D eigenvalue weighted by Crippen LogP contribution is 2.36. The molecule has 6 heteroatoms. The minimum absolute atomic E-state index is 0.0206. The summed E-state index contributed by atoms with van der Waals surface area (Å²) in [5.74, 6) is 1.63. The van der Waals surface area contributed by atoms with Crippen molar-refractivity contribution in [1.29, 1.82) is 0 Å². The SMILES string of the molecule is COc1ccc2c(c1)c(C=C1Oc3cc(OCC(C)=O)ccc3C1=O)cn2C. The minimum Gasteiger partial charge on any atom is -0.497 e. The third-order valence-corrected chi connectivity index (χ3v) is 4.60. The van der Waals surface area contributed by atoms with Gasteiger partial charge in [0, 0.05) is 35.8 Å². The molecule has 1 aliphatic rings. The molecule has 2 heterocycles. The molecule has 142 valence electrons. The van der Waals surface area contributed by atoms with Gasteiger partial charge in [-0.05, 0) is 43.3 Å². The largest absolute Gasteiger partial charge is 0.497 e. The average Bonchev–Trinajstić information content (AvgIpc) is 3.16. The van der Waals surface area contributed by atoms with E-state index in [-0.39, 0.29) is 23.9 Å². The molecule has 0 saturated carbocycles. The van der Waals surface area contributed by atoms with Gasteiger partial charge in [-0.2, -0.15) is 0 Å². The van der Waals surface area contributed by atoms with Gasteiger partial charge in [0.15, 0.2) is 11.5 Å². The lowest BCUT2D eigenvalue weighted by Crippen LogP contribution is -2.06.